The van der Waals surface area contributed by atoms with E-state index in [1.54, 1.807) is 18.3 Å². The van der Waals surface area contributed by atoms with Gasteiger partial charge in [0.15, 0.2) is 0 Å². The molecule has 32 heavy (non-hydrogen) atoms. The number of piperidine rings is 1. The average molecular weight is 509 g/mol. The van der Waals surface area contributed by atoms with Gasteiger partial charge in [0.2, 0.25) is 5.16 Å². The lowest BCUT2D eigenvalue weighted by Crippen LogP contribution is -2.32. The summed E-state index contributed by atoms with van der Waals surface area (Å²) in [6.45, 7) is 2.91. The highest BCUT2D eigenvalue weighted by molar-refractivity contribution is 7.99. The number of thiazole rings is 1. The van der Waals surface area contributed by atoms with Gasteiger partial charge in [-0.1, -0.05) is 34.5 Å². The number of halogens is 2. The second kappa shape index (κ2) is 9.06. The second-order valence-corrected chi connectivity index (χ2v) is 10.4. The lowest BCUT2D eigenvalue weighted by atomic mass is 9.97. The molecule has 1 aliphatic rings. The fraction of sp³-hybridized carbons (Fsp3) is 0.368. The fourth-order valence-corrected chi connectivity index (χ4v) is 5.49. The van der Waals surface area contributed by atoms with Crippen molar-refractivity contribution in [1.82, 2.24) is 40.1 Å². The molecule has 0 bridgehead atoms. The minimum atomic E-state index is -0.0425. The van der Waals surface area contributed by atoms with E-state index in [2.05, 4.69) is 32.5 Å². The largest absolute Gasteiger partial charge is 0.486 e. The van der Waals surface area contributed by atoms with Crippen LogP contribution in [0.15, 0.2) is 28.5 Å². The number of aromatic nitrogens is 7. The van der Waals surface area contributed by atoms with Gasteiger partial charge >= 0.3 is 0 Å². The number of hydrogen-bond donors (Lipinski definition) is 1. The van der Waals surface area contributed by atoms with Gasteiger partial charge in [0.25, 0.3) is 5.19 Å². The van der Waals surface area contributed by atoms with Gasteiger partial charge in [0.05, 0.1) is 32.2 Å². The summed E-state index contributed by atoms with van der Waals surface area (Å²) in [7, 11) is 2.14. The summed E-state index contributed by atoms with van der Waals surface area (Å²) >= 11 is 14.8. The van der Waals surface area contributed by atoms with Crippen LogP contribution in [0.5, 0.6) is 5.19 Å². The molecule has 4 aromatic rings. The van der Waals surface area contributed by atoms with Gasteiger partial charge < -0.3 is 10.0 Å². The van der Waals surface area contributed by atoms with Crippen LogP contribution in [0.2, 0.25) is 10.0 Å². The van der Waals surface area contributed by atoms with Gasteiger partial charge in [0, 0.05) is 6.54 Å². The molecule has 1 saturated heterocycles. The molecule has 1 aromatic carbocycles. The van der Waals surface area contributed by atoms with E-state index in [0.717, 1.165) is 43.8 Å². The van der Waals surface area contributed by atoms with Crippen LogP contribution in [-0.2, 0) is 6.54 Å². The molecule has 4 heterocycles. The number of tetrazole rings is 1. The molecule has 9 nitrogen and oxygen atoms in total. The number of likely N-dealkylation sites (tertiary alicyclic amines) is 1. The molecule has 13 heteroatoms. The van der Waals surface area contributed by atoms with E-state index in [1.807, 2.05) is 4.68 Å². The summed E-state index contributed by atoms with van der Waals surface area (Å²) in [5.74, 6) is 0.524. The molecule has 1 fully saturated rings. The number of hydrogen-bond acceptors (Lipinski definition) is 10. The van der Waals surface area contributed by atoms with Gasteiger partial charge in [0.1, 0.15) is 10.7 Å². The van der Waals surface area contributed by atoms with Crippen LogP contribution >= 0.6 is 46.3 Å². The molecule has 0 unspecified atom stereocenters. The van der Waals surface area contributed by atoms with Crippen molar-refractivity contribution in [3.8, 4) is 15.8 Å². The zero-order valence-corrected chi connectivity index (χ0v) is 20.1. The van der Waals surface area contributed by atoms with Crippen LogP contribution in [0.4, 0.5) is 0 Å². The second-order valence-electron chi connectivity index (χ2n) is 7.63. The summed E-state index contributed by atoms with van der Waals surface area (Å²) < 4.78 is 1.83. The summed E-state index contributed by atoms with van der Waals surface area (Å²) in [5.41, 5.74) is 1.78. The van der Waals surface area contributed by atoms with Crippen molar-refractivity contribution in [3.05, 3.63) is 28.4 Å². The van der Waals surface area contributed by atoms with Crippen LogP contribution in [0.1, 0.15) is 12.8 Å². The summed E-state index contributed by atoms with van der Waals surface area (Å²) in [6.07, 6.45) is 3.79. The minimum Gasteiger partial charge on any atom is -0.486 e. The Morgan fingerprint density at radius 1 is 1.16 bits per heavy atom. The third-order valence-electron chi connectivity index (χ3n) is 5.36. The van der Waals surface area contributed by atoms with E-state index in [1.165, 1.54) is 11.8 Å². The van der Waals surface area contributed by atoms with Crippen molar-refractivity contribution in [2.45, 2.75) is 29.6 Å². The third-order valence-corrected chi connectivity index (χ3v) is 7.84. The Morgan fingerprint density at radius 2 is 1.88 bits per heavy atom. The van der Waals surface area contributed by atoms with Gasteiger partial charge in [-0.25, -0.2) is 19.6 Å². The van der Waals surface area contributed by atoms with Gasteiger partial charge in [-0.15, -0.1) is 5.10 Å². The standard InChI is InChI=1S/C19H18Cl2N8OS2/c1-28-4-2-10(3-5-28)9-29-18(25-26-27-29)32-17-16(15-8-22-19(30)31-15)23-13-6-11(20)12(21)7-14(13)24-17/h6-8,10H,2-5,9H2,1H3,(H,22,30). The third kappa shape index (κ3) is 4.53. The Bertz CT molecular complexity index is 1270. The van der Waals surface area contributed by atoms with Crippen LogP contribution < -0.4 is 0 Å². The van der Waals surface area contributed by atoms with Crippen LogP contribution in [0.25, 0.3) is 21.6 Å². The molecule has 0 spiro atoms. The van der Waals surface area contributed by atoms with E-state index >= 15 is 0 Å². The normalized spacial score (nSPS) is 15.6. The van der Waals surface area contributed by atoms with E-state index in [-0.39, 0.29) is 5.19 Å². The fourth-order valence-electron chi connectivity index (χ4n) is 3.60. The first-order valence-electron chi connectivity index (χ1n) is 9.91. The minimum absolute atomic E-state index is 0.0425. The van der Waals surface area contributed by atoms with Crippen molar-refractivity contribution < 1.29 is 5.11 Å². The van der Waals surface area contributed by atoms with Crippen molar-refractivity contribution in [3.63, 3.8) is 0 Å². The van der Waals surface area contributed by atoms with Crippen molar-refractivity contribution >= 4 is 57.3 Å². The van der Waals surface area contributed by atoms with Crippen molar-refractivity contribution in [2.75, 3.05) is 20.1 Å². The topological polar surface area (TPSA) is 106 Å². The highest BCUT2D eigenvalue weighted by Gasteiger charge is 2.22. The Balaban J connectivity index is 1.51. The van der Waals surface area contributed by atoms with Crippen LogP contribution in [0, 0.1) is 5.92 Å². The predicted molar refractivity (Wildman–Crippen MR) is 124 cm³/mol. The number of nitrogens with zero attached hydrogens (tertiary/aromatic N) is 8. The maximum atomic E-state index is 9.77. The molecule has 0 amide bonds. The molecule has 3 aromatic heterocycles. The zero-order chi connectivity index (χ0) is 22.2. The number of fused-ring (bicyclic) bond motifs is 1. The van der Waals surface area contributed by atoms with Gasteiger partial charge in [-0.2, -0.15) is 0 Å². The summed E-state index contributed by atoms with van der Waals surface area (Å²) in [5, 5.41) is 24.1. The van der Waals surface area contributed by atoms with Crippen molar-refractivity contribution in [2.24, 2.45) is 5.92 Å². The Kier molecular flexibility index (Phi) is 6.17. The van der Waals surface area contributed by atoms with Crippen molar-refractivity contribution in [1.29, 1.82) is 0 Å². The number of rotatable bonds is 5. The quantitative estimate of drug-likeness (QED) is 0.423. The monoisotopic (exact) mass is 508 g/mol. The number of aromatic hydroxyl groups is 1. The molecule has 0 saturated carbocycles. The first-order chi connectivity index (χ1) is 15.5. The van der Waals surface area contributed by atoms with E-state index in [4.69, 9.17) is 33.2 Å². The number of benzene rings is 1. The molecule has 1 N–H and O–H groups in total. The SMILES string of the molecule is CN1CCC(Cn2nnnc2Sc2nc3cc(Cl)c(Cl)cc3nc2-c2cnc(O)s2)CC1. The predicted octanol–water partition coefficient (Wildman–Crippen LogP) is 4.25. The highest BCUT2D eigenvalue weighted by Crippen LogP contribution is 2.38. The zero-order valence-electron chi connectivity index (χ0n) is 16.9. The molecule has 5 rings (SSSR count). The molecule has 0 aliphatic carbocycles. The van der Waals surface area contributed by atoms with E-state index in [0.29, 0.717) is 47.8 Å². The Morgan fingerprint density at radius 3 is 2.56 bits per heavy atom. The molecule has 0 atom stereocenters. The molecular weight excluding hydrogens is 491 g/mol. The van der Waals surface area contributed by atoms with Crippen LogP contribution in [-0.4, -0.2) is 65.3 Å². The summed E-state index contributed by atoms with van der Waals surface area (Å²) in [4.78, 5) is 16.5. The first-order valence-corrected chi connectivity index (χ1v) is 12.3. The van der Waals surface area contributed by atoms with E-state index in [9.17, 15) is 5.11 Å². The molecular formula is C19H18Cl2N8OS2. The van der Waals surface area contributed by atoms with Crippen LogP contribution in [0.3, 0.4) is 0 Å². The lowest BCUT2D eigenvalue weighted by molar-refractivity contribution is 0.197. The summed E-state index contributed by atoms with van der Waals surface area (Å²) in [6, 6.07) is 3.36. The van der Waals surface area contributed by atoms with Gasteiger partial charge in [-0.05, 0) is 73.2 Å². The average Bonchev–Trinajstić information content (AvgIpc) is 3.39. The maximum absolute atomic E-state index is 9.77. The molecule has 0 radical (unpaired) electrons. The smallest absolute Gasteiger partial charge is 0.271 e. The van der Waals surface area contributed by atoms with Gasteiger partial charge in [-0.3, -0.25) is 0 Å². The molecule has 1 aliphatic heterocycles. The first kappa shape index (κ1) is 21.8. The van der Waals surface area contributed by atoms with E-state index < -0.39 is 0 Å². The Labute approximate surface area is 201 Å². The molecule has 166 valence electrons. The maximum Gasteiger partial charge on any atom is 0.271 e. The highest BCUT2D eigenvalue weighted by atomic mass is 35.5. The Hall–Kier alpha value is -2.05. The lowest BCUT2D eigenvalue weighted by Gasteiger charge is -2.28.